The fourth-order valence-electron chi connectivity index (χ4n) is 0.818. The molecule has 0 spiro atoms. The second kappa shape index (κ2) is 3.57. The fourth-order valence-corrected chi connectivity index (χ4v) is 0.818. The smallest absolute Gasteiger partial charge is 0.142 e. The van der Waals surface area contributed by atoms with E-state index in [1.165, 1.54) is 30.4 Å². The number of phenolic OH excluding ortho intramolecular Hbond substituents is 2. The van der Waals surface area contributed by atoms with E-state index in [4.69, 9.17) is 5.11 Å². The summed E-state index contributed by atoms with van der Waals surface area (Å²) in [5.41, 5.74) is 0.419. The molecule has 0 bridgehead atoms. The van der Waals surface area contributed by atoms with Crippen molar-refractivity contribution in [1.82, 2.24) is 0 Å². The lowest BCUT2D eigenvalue weighted by Crippen LogP contribution is -1.74. The Labute approximate surface area is 69.6 Å². The zero-order chi connectivity index (χ0) is 8.97. The van der Waals surface area contributed by atoms with Crippen LogP contribution in [0.25, 0.3) is 6.08 Å². The van der Waals surface area contributed by atoms with Crippen LogP contribution in [0.1, 0.15) is 5.56 Å². The summed E-state index contributed by atoms with van der Waals surface area (Å²) in [7, 11) is 0. The maximum Gasteiger partial charge on any atom is 0.142 e. The van der Waals surface area contributed by atoms with Crippen molar-refractivity contribution in [3.63, 3.8) is 0 Å². The molecule has 0 amide bonds. The van der Waals surface area contributed by atoms with Crippen LogP contribution in [-0.4, -0.2) is 16.5 Å². The SMILES string of the molecule is O=C/C=C/c1cc(O)ccc1O. The van der Waals surface area contributed by atoms with Gasteiger partial charge in [0.1, 0.15) is 17.8 Å². The highest BCUT2D eigenvalue weighted by molar-refractivity contribution is 5.75. The van der Waals surface area contributed by atoms with Gasteiger partial charge in [-0.3, -0.25) is 4.79 Å². The Morgan fingerprint density at radius 3 is 2.67 bits per heavy atom. The summed E-state index contributed by atoms with van der Waals surface area (Å²) in [6.45, 7) is 0. The molecule has 0 aliphatic rings. The zero-order valence-corrected chi connectivity index (χ0v) is 6.27. The molecule has 3 nitrogen and oxygen atoms in total. The van der Waals surface area contributed by atoms with Crippen molar-refractivity contribution in [2.24, 2.45) is 0 Å². The third kappa shape index (κ3) is 1.85. The van der Waals surface area contributed by atoms with E-state index in [2.05, 4.69) is 0 Å². The number of rotatable bonds is 2. The number of carbonyl (C=O) groups excluding carboxylic acids is 1. The fraction of sp³-hybridized carbons (Fsp3) is 0. The summed E-state index contributed by atoms with van der Waals surface area (Å²) in [5.74, 6) is 0.0873. The number of carbonyl (C=O) groups is 1. The first kappa shape index (κ1) is 8.33. The first-order valence-electron chi connectivity index (χ1n) is 3.38. The summed E-state index contributed by atoms with van der Waals surface area (Å²) in [5, 5.41) is 18.2. The Hall–Kier alpha value is -1.77. The van der Waals surface area contributed by atoms with Crippen LogP contribution >= 0.6 is 0 Å². The van der Waals surface area contributed by atoms with Crippen molar-refractivity contribution in [1.29, 1.82) is 0 Å². The minimum absolute atomic E-state index is 0.0332. The number of aromatic hydroxyl groups is 2. The Bertz CT molecular complexity index is 316. The van der Waals surface area contributed by atoms with Crippen LogP contribution in [-0.2, 0) is 4.79 Å². The molecule has 0 fully saturated rings. The Kier molecular flexibility index (Phi) is 2.48. The first-order valence-corrected chi connectivity index (χ1v) is 3.38. The van der Waals surface area contributed by atoms with Gasteiger partial charge in [-0.2, -0.15) is 0 Å². The van der Waals surface area contributed by atoms with Gasteiger partial charge in [-0.15, -0.1) is 0 Å². The van der Waals surface area contributed by atoms with E-state index in [-0.39, 0.29) is 11.5 Å². The molecule has 0 saturated heterocycles. The Morgan fingerprint density at radius 2 is 2.00 bits per heavy atom. The molecule has 1 rings (SSSR count). The molecule has 0 saturated carbocycles. The van der Waals surface area contributed by atoms with Gasteiger partial charge in [0.25, 0.3) is 0 Å². The van der Waals surface area contributed by atoms with Crippen molar-refractivity contribution in [2.45, 2.75) is 0 Å². The maximum atomic E-state index is 9.94. The lowest BCUT2D eigenvalue weighted by atomic mass is 10.2. The van der Waals surface area contributed by atoms with E-state index in [1.54, 1.807) is 0 Å². The van der Waals surface area contributed by atoms with Crippen LogP contribution in [0.2, 0.25) is 0 Å². The monoisotopic (exact) mass is 164 g/mol. The lowest BCUT2D eigenvalue weighted by Gasteiger charge is -1.98. The molecule has 1 aromatic carbocycles. The van der Waals surface area contributed by atoms with Gasteiger partial charge >= 0.3 is 0 Å². The number of hydrogen-bond acceptors (Lipinski definition) is 3. The third-order valence-electron chi connectivity index (χ3n) is 1.37. The molecule has 0 radical (unpaired) electrons. The van der Waals surface area contributed by atoms with Crippen LogP contribution in [0.5, 0.6) is 11.5 Å². The van der Waals surface area contributed by atoms with Crippen LogP contribution < -0.4 is 0 Å². The highest BCUT2D eigenvalue weighted by Gasteiger charge is 1.96. The standard InChI is InChI=1S/C9H8O3/c10-5-1-2-7-6-8(11)3-4-9(7)12/h1-6,11-12H/b2-1+. The highest BCUT2D eigenvalue weighted by Crippen LogP contribution is 2.22. The Balaban J connectivity index is 3.04. The third-order valence-corrected chi connectivity index (χ3v) is 1.37. The largest absolute Gasteiger partial charge is 0.508 e. The molecular weight excluding hydrogens is 156 g/mol. The molecule has 1 aromatic rings. The normalized spacial score (nSPS) is 10.3. The molecule has 0 aliphatic carbocycles. The number of phenols is 2. The van der Waals surface area contributed by atoms with E-state index in [0.29, 0.717) is 11.8 Å². The van der Waals surface area contributed by atoms with Gasteiger partial charge in [0.2, 0.25) is 0 Å². The summed E-state index contributed by atoms with van der Waals surface area (Å²) in [6.07, 6.45) is 3.26. The average molecular weight is 164 g/mol. The highest BCUT2D eigenvalue weighted by atomic mass is 16.3. The van der Waals surface area contributed by atoms with Gasteiger partial charge < -0.3 is 10.2 Å². The molecule has 3 heteroatoms. The van der Waals surface area contributed by atoms with Gasteiger partial charge in [0, 0.05) is 5.56 Å². The molecular formula is C9H8O3. The average Bonchev–Trinajstić information content (AvgIpc) is 2.07. The van der Waals surface area contributed by atoms with E-state index >= 15 is 0 Å². The zero-order valence-electron chi connectivity index (χ0n) is 6.27. The summed E-state index contributed by atoms with van der Waals surface area (Å²) < 4.78 is 0. The van der Waals surface area contributed by atoms with E-state index in [9.17, 15) is 9.90 Å². The van der Waals surface area contributed by atoms with E-state index < -0.39 is 0 Å². The molecule has 2 N–H and O–H groups in total. The first-order chi connectivity index (χ1) is 5.74. The molecule has 0 aromatic heterocycles. The van der Waals surface area contributed by atoms with Crippen molar-refractivity contribution in [2.75, 3.05) is 0 Å². The van der Waals surface area contributed by atoms with Crippen molar-refractivity contribution < 1.29 is 15.0 Å². The minimum Gasteiger partial charge on any atom is -0.508 e. The Morgan fingerprint density at radius 1 is 1.25 bits per heavy atom. The van der Waals surface area contributed by atoms with Crippen molar-refractivity contribution in [3.05, 3.63) is 29.8 Å². The molecule has 0 heterocycles. The summed E-state index contributed by atoms with van der Waals surface area (Å²) in [4.78, 5) is 9.94. The topological polar surface area (TPSA) is 57.5 Å². The summed E-state index contributed by atoms with van der Waals surface area (Å²) >= 11 is 0. The van der Waals surface area contributed by atoms with E-state index in [1.807, 2.05) is 0 Å². The van der Waals surface area contributed by atoms with Gasteiger partial charge in [-0.1, -0.05) is 0 Å². The van der Waals surface area contributed by atoms with Crippen LogP contribution in [0.3, 0.4) is 0 Å². The quantitative estimate of drug-likeness (QED) is 0.393. The van der Waals surface area contributed by atoms with Gasteiger partial charge in [0.15, 0.2) is 0 Å². The van der Waals surface area contributed by atoms with Crippen LogP contribution in [0.4, 0.5) is 0 Å². The molecule has 62 valence electrons. The predicted octanol–water partition coefficient (Wildman–Crippen LogP) is 1.31. The molecule has 0 unspecified atom stereocenters. The molecule has 0 aliphatic heterocycles. The summed E-state index contributed by atoms with van der Waals surface area (Å²) in [6, 6.07) is 4.10. The number of hydrogen-bond donors (Lipinski definition) is 2. The number of benzene rings is 1. The molecule has 12 heavy (non-hydrogen) atoms. The number of aldehydes is 1. The second-order valence-corrected chi connectivity index (χ2v) is 2.24. The van der Waals surface area contributed by atoms with Gasteiger partial charge in [-0.05, 0) is 30.4 Å². The van der Waals surface area contributed by atoms with Crippen LogP contribution in [0.15, 0.2) is 24.3 Å². The van der Waals surface area contributed by atoms with Crippen molar-refractivity contribution >= 4 is 12.4 Å². The van der Waals surface area contributed by atoms with Crippen molar-refractivity contribution in [3.8, 4) is 11.5 Å². The van der Waals surface area contributed by atoms with Crippen LogP contribution in [0, 0.1) is 0 Å². The van der Waals surface area contributed by atoms with E-state index in [0.717, 1.165) is 0 Å². The second-order valence-electron chi connectivity index (χ2n) is 2.24. The predicted molar refractivity (Wildman–Crippen MR) is 44.9 cm³/mol. The minimum atomic E-state index is 0.0332. The lowest BCUT2D eigenvalue weighted by molar-refractivity contribution is -0.104. The van der Waals surface area contributed by atoms with Gasteiger partial charge in [-0.25, -0.2) is 0 Å². The maximum absolute atomic E-state index is 9.94. The van der Waals surface area contributed by atoms with Gasteiger partial charge in [0.05, 0.1) is 0 Å². The number of allylic oxidation sites excluding steroid dienone is 1. The molecule has 0 atom stereocenters.